The van der Waals surface area contributed by atoms with Gasteiger partial charge in [0.2, 0.25) is 0 Å². The third-order valence-corrected chi connectivity index (χ3v) is 7.88. The standard InChI is InChI=1S/C23H23BrN6O/c24-15-9-26-22(27-10-15)23-7-13-5-17(23)14(8-23)12-30(11-13)19-6-18(28-29-21(19)25)16-3-1-2-4-20(16)31/h1-4,6,9-10,13-14,17,31H,5,7-8,11-12H2,(H2,25,29). The van der Waals surface area contributed by atoms with Gasteiger partial charge in [-0.2, -0.15) is 0 Å². The zero-order chi connectivity index (χ0) is 21.2. The summed E-state index contributed by atoms with van der Waals surface area (Å²) < 4.78 is 0.925. The highest BCUT2D eigenvalue weighted by molar-refractivity contribution is 9.10. The van der Waals surface area contributed by atoms with Crippen LogP contribution in [0.3, 0.4) is 0 Å². The Labute approximate surface area is 188 Å². The molecule has 3 heterocycles. The van der Waals surface area contributed by atoms with Crippen LogP contribution in [0.25, 0.3) is 11.3 Å². The Morgan fingerprint density at radius 1 is 1.10 bits per heavy atom. The molecular formula is C23H23BrN6O. The van der Waals surface area contributed by atoms with E-state index in [1.54, 1.807) is 12.1 Å². The molecular weight excluding hydrogens is 456 g/mol. The average molecular weight is 479 g/mol. The van der Waals surface area contributed by atoms with Crippen LogP contribution in [0.2, 0.25) is 0 Å². The minimum absolute atomic E-state index is 0.144. The number of nitrogen functional groups attached to an aromatic ring is 1. The van der Waals surface area contributed by atoms with Gasteiger partial charge in [-0.05, 0) is 71.1 Å². The number of fused-ring (bicyclic) bond motifs is 1. The minimum Gasteiger partial charge on any atom is -0.507 e. The van der Waals surface area contributed by atoms with Gasteiger partial charge >= 0.3 is 0 Å². The molecule has 2 aliphatic carbocycles. The lowest BCUT2D eigenvalue weighted by atomic mass is 9.54. The van der Waals surface area contributed by atoms with E-state index >= 15 is 0 Å². The van der Waals surface area contributed by atoms with Crippen molar-refractivity contribution in [2.24, 2.45) is 17.8 Å². The molecule has 0 radical (unpaired) electrons. The van der Waals surface area contributed by atoms with Gasteiger partial charge < -0.3 is 15.7 Å². The maximum atomic E-state index is 10.2. The van der Waals surface area contributed by atoms with Crippen molar-refractivity contribution in [1.29, 1.82) is 0 Å². The number of rotatable bonds is 3. The van der Waals surface area contributed by atoms with E-state index in [2.05, 4.69) is 41.0 Å². The van der Waals surface area contributed by atoms with E-state index in [4.69, 9.17) is 5.73 Å². The highest BCUT2D eigenvalue weighted by Gasteiger charge is 2.63. The van der Waals surface area contributed by atoms with Crippen LogP contribution in [-0.4, -0.2) is 38.4 Å². The van der Waals surface area contributed by atoms with Gasteiger partial charge in [-0.25, -0.2) is 9.97 Å². The Hall–Kier alpha value is -2.74. The van der Waals surface area contributed by atoms with Crippen LogP contribution in [0.4, 0.5) is 11.5 Å². The molecule has 3 aliphatic rings. The van der Waals surface area contributed by atoms with Crippen molar-refractivity contribution in [2.75, 3.05) is 23.7 Å². The number of phenolic OH excluding ortho intramolecular Hbond substituents is 1. The van der Waals surface area contributed by atoms with Crippen LogP contribution in [0.15, 0.2) is 47.2 Å². The summed E-state index contributed by atoms with van der Waals surface area (Å²) >= 11 is 3.45. The number of aromatic nitrogens is 4. The van der Waals surface area contributed by atoms with Gasteiger partial charge in [0.05, 0.1) is 15.9 Å². The molecule has 0 spiro atoms. The Morgan fingerprint density at radius 2 is 1.90 bits per heavy atom. The fraction of sp³-hybridized carbons (Fsp3) is 0.391. The molecule has 158 valence electrons. The molecule has 4 unspecified atom stereocenters. The third-order valence-electron chi connectivity index (χ3n) is 7.47. The second-order valence-corrected chi connectivity index (χ2v) is 10.1. The average Bonchev–Trinajstić information content (AvgIpc) is 2.94. The van der Waals surface area contributed by atoms with Crippen LogP contribution in [0.5, 0.6) is 5.75 Å². The van der Waals surface area contributed by atoms with Crippen molar-refractivity contribution in [1.82, 2.24) is 20.2 Å². The normalized spacial score (nSPS) is 28.8. The highest BCUT2D eigenvalue weighted by Crippen LogP contribution is 2.64. The topological polar surface area (TPSA) is 101 Å². The molecule has 2 bridgehead atoms. The number of anilines is 2. The number of nitrogens with two attached hydrogens (primary N) is 1. The molecule has 7 nitrogen and oxygen atoms in total. The second-order valence-electron chi connectivity index (χ2n) is 9.18. The monoisotopic (exact) mass is 478 g/mol. The lowest BCUT2D eigenvalue weighted by molar-refractivity contribution is 0.0558. The van der Waals surface area contributed by atoms with Gasteiger partial charge in [0, 0.05) is 36.5 Å². The largest absolute Gasteiger partial charge is 0.507 e. The lowest BCUT2D eigenvalue weighted by Gasteiger charge is -2.52. The highest BCUT2D eigenvalue weighted by atomic mass is 79.9. The number of halogens is 1. The Balaban J connectivity index is 1.30. The fourth-order valence-electron chi connectivity index (χ4n) is 6.24. The maximum Gasteiger partial charge on any atom is 0.169 e. The molecule has 0 amide bonds. The van der Waals surface area contributed by atoms with E-state index in [9.17, 15) is 5.11 Å². The van der Waals surface area contributed by atoms with Crippen LogP contribution in [0, 0.1) is 17.8 Å². The molecule has 1 aromatic carbocycles. The summed E-state index contributed by atoms with van der Waals surface area (Å²) in [4.78, 5) is 11.7. The molecule has 3 fully saturated rings. The first-order chi connectivity index (χ1) is 15.0. The quantitative estimate of drug-likeness (QED) is 0.590. The molecule has 8 heteroatoms. The van der Waals surface area contributed by atoms with Gasteiger partial charge in [-0.3, -0.25) is 0 Å². The van der Waals surface area contributed by atoms with Gasteiger partial charge in [0.15, 0.2) is 5.82 Å². The Kier molecular flexibility index (Phi) is 4.21. The number of para-hydroxylation sites is 1. The SMILES string of the molecule is Nc1nnc(-c2ccccc2O)cc1N1CC2CC3C(C1)CC3(c1ncc(Br)cn1)C2. The third kappa shape index (κ3) is 2.91. The van der Waals surface area contributed by atoms with Crippen molar-refractivity contribution < 1.29 is 5.11 Å². The van der Waals surface area contributed by atoms with Crippen molar-refractivity contribution in [3.8, 4) is 17.0 Å². The number of nitrogens with zero attached hydrogens (tertiary/aromatic N) is 5. The minimum atomic E-state index is 0.144. The van der Waals surface area contributed by atoms with Gasteiger partial charge in [0.1, 0.15) is 11.6 Å². The molecule has 1 aliphatic heterocycles. The van der Waals surface area contributed by atoms with Gasteiger partial charge in [-0.1, -0.05) is 12.1 Å². The van der Waals surface area contributed by atoms with E-state index in [0.29, 0.717) is 34.8 Å². The molecule has 31 heavy (non-hydrogen) atoms. The van der Waals surface area contributed by atoms with E-state index in [0.717, 1.165) is 41.9 Å². The number of aromatic hydroxyl groups is 1. The first-order valence-electron chi connectivity index (χ1n) is 10.7. The number of benzene rings is 1. The zero-order valence-corrected chi connectivity index (χ0v) is 18.5. The molecule has 3 aromatic rings. The van der Waals surface area contributed by atoms with Crippen molar-refractivity contribution in [3.05, 3.63) is 53.0 Å². The van der Waals surface area contributed by atoms with E-state index in [1.807, 2.05) is 30.6 Å². The summed E-state index contributed by atoms with van der Waals surface area (Å²) in [5.74, 6) is 3.45. The Bertz CT molecular complexity index is 1150. The van der Waals surface area contributed by atoms with E-state index < -0.39 is 0 Å². The fourth-order valence-corrected chi connectivity index (χ4v) is 6.45. The number of phenols is 1. The number of hydrogen-bond donors (Lipinski definition) is 2. The van der Waals surface area contributed by atoms with Crippen LogP contribution in [0.1, 0.15) is 25.1 Å². The van der Waals surface area contributed by atoms with E-state index in [-0.39, 0.29) is 11.2 Å². The zero-order valence-electron chi connectivity index (χ0n) is 16.9. The molecule has 1 saturated heterocycles. The maximum absolute atomic E-state index is 10.2. The summed E-state index contributed by atoms with van der Waals surface area (Å²) in [5.41, 5.74) is 8.64. The summed E-state index contributed by atoms with van der Waals surface area (Å²) in [7, 11) is 0. The summed E-state index contributed by atoms with van der Waals surface area (Å²) in [6.45, 7) is 1.90. The number of hydrogen-bond acceptors (Lipinski definition) is 7. The van der Waals surface area contributed by atoms with E-state index in [1.165, 1.54) is 6.42 Å². The molecule has 2 saturated carbocycles. The summed E-state index contributed by atoms with van der Waals surface area (Å²) in [5, 5.41) is 18.7. The molecule has 2 aromatic heterocycles. The van der Waals surface area contributed by atoms with Crippen molar-refractivity contribution in [3.63, 3.8) is 0 Å². The Morgan fingerprint density at radius 3 is 2.71 bits per heavy atom. The van der Waals surface area contributed by atoms with Crippen molar-refractivity contribution in [2.45, 2.75) is 24.7 Å². The smallest absolute Gasteiger partial charge is 0.169 e. The van der Waals surface area contributed by atoms with Crippen LogP contribution >= 0.6 is 15.9 Å². The molecule has 3 N–H and O–H groups in total. The molecule has 4 atom stereocenters. The van der Waals surface area contributed by atoms with Crippen LogP contribution in [-0.2, 0) is 5.41 Å². The second kappa shape index (κ2) is 6.88. The predicted octanol–water partition coefficient (Wildman–Crippen LogP) is 3.79. The predicted molar refractivity (Wildman–Crippen MR) is 121 cm³/mol. The first kappa shape index (κ1) is 19.0. The van der Waals surface area contributed by atoms with Gasteiger partial charge in [0.25, 0.3) is 0 Å². The summed E-state index contributed by atoms with van der Waals surface area (Å²) in [6.07, 6.45) is 7.20. The lowest BCUT2D eigenvalue weighted by Crippen LogP contribution is -2.53. The van der Waals surface area contributed by atoms with Crippen LogP contribution < -0.4 is 10.6 Å². The first-order valence-corrected chi connectivity index (χ1v) is 11.5. The summed E-state index contributed by atoms with van der Waals surface area (Å²) in [6, 6.07) is 9.17. The van der Waals surface area contributed by atoms with Gasteiger partial charge in [-0.15, -0.1) is 10.2 Å². The molecule has 6 rings (SSSR count). The van der Waals surface area contributed by atoms with Crippen molar-refractivity contribution >= 4 is 27.4 Å².